The smallest absolute Gasteiger partial charge is 0.0811 e. The zero-order valence-electron chi connectivity index (χ0n) is 31.7. The molecule has 1 aromatic rings. The van der Waals surface area contributed by atoms with Crippen molar-refractivity contribution in [3.63, 3.8) is 0 Å². The van der Waals surface area contributed by atoms with E-state index in [-0.39, 0.29) is 12.4 Å². The van der Waals surface area contributed by atoms with E-state index in [1.54, 1.807) is 0 Å². The van der Waals surface area contributed by atoms with Crippen molar-refractivity contribution in [2.75, 3.05) is 19.6 Å². The summed E-state index contributed by atoms with van der Waals surface area (Å²) in [5, 5.41) is 0. The average molecular weight is 663 g/mol. The van der Waals surface area contributed by atoms with Crippen molar-refractivity contribution in [3.05, 3.63) is 35.9 Å². The number of rotatable bonds is 37. The Morgan fingerprint density at radius 1 is 0.326 bits per heavy atom. The third-order valence-electron chi connectivity index (χ3n) is 10.4. The fourth-order valence-corrected chi connectivity index (χ4v) is 7.19. The third kappa shape index (κ3) is 33.4. The van der Waals surface area contributed by atoms with Crippen LogP contribution in [0.25, 0.3) is 0 Å². The van der Waals surface area contributed by atoms with E-state index in [1.807, 2.05) is 4.90 Å². The van der Waals surface area contributed by atoms with Crippen LogP contribution < -0.4 is 17.3 Å². The lowest BCUT2D eigenvalue weighted by Gasteiger charge is -2.20. The molecule has 0 saturated carbocycles. The van der Waals surface area contributed by atoms with Crippen LogP contribution in [0.5, 0.6) is 0 Å². The predicted octanol–water partition coefficient (Wildman–Crippen LogP) is 10.6. The zero-order chi connectivity index (χ0) is 32.1. The van der Waals surface area contributed by atoms with Gasteiger partial charge in [-0.2, -0.15) is 0 Å². The van der Waals surface area contributed by atoms with Gasteiger partial charge < -0.3 is 17.3 Å². The lowest BCUT2D eigenvalue weighted by atomic mass is 10.0. The Kier molecular flexibility index (Phi) is 38.5. The van der Waals surface area contributed by atoms with Gasteiger partial charge in [0.25, 0.3) is 0 Å². The Bertz CT molecular complexity index is 625. The van der Waals surface area contributed by atoms with Crippen molar-refractivity contribution in [1.29, 1.82) is 0 Å². The van der Waals surface area contributed by atoms with Gasteiger partial charge in [0.05, 0.1) is 19.6 Å². The van der Waals surface area contributed by atoms with E-state index in [0.717, 1.165) is 0 Å². The SMILES string of the molecule is CCCCCCCCCCCCCCCCCC[NH+](CCCCCCCCCCCCCCCCCC)CCc1ccccc1.[Cl-]. The highest BCUT2D eigenvalue weighted by Crippen LogP contribution is 2.15. The minimum atomic E-state index is 0. The molecule has 272 valence electrons. The highest BCUT2D eigenvalue weighted by atomic mass is 35.5. The standard InChI is InChI=1S/C44H83N.ClH/c1-3-5-7-9-11-13-15-17-19-21-23-25-27-29-31-36-41-45(43-40-44-38-34-33-35-39-44)42-37-32-30-28-26-24-22-20-18-16-14-12-10-8-6-4-2;/h33-35,38-39H,3-32,36-37,40-43H2,1-2H3;1H. The van der Waals surface area contributed by atoms with Gasteiger partial charge in [0.2, 0.25) is 0 Å². The van der Waals surface area contributed by atoms with E-state index >= 15 is 0 Å². The van der Waals surface area contributed by atoms with Crippen LogP contribution in [-0.2, 0) is 6.42 Å². The largest absolute Gasteiger partial charge is 1.00 e. The summed E-state index contributed by atoms with van der Waals surface area (Å²) < 4.78 is 0. The number of hydrogen-bond donors (Lipinski definition) is 1. The van der Waals surface area contributed by atoms with Crippen LogP contribution in [0.3, 0.4) is 0 Å². The second kappa shape index (κ2) is 38.9. The first-order valence-corrected chi connectivity index (χ1v) is 21.2. The van der Waals surface area contributed by atoms with Crippen molar-refractivity contribution in [1.82, 2.24) is 0 Å². The lowest BCUT2D eigenvalue weighted by Crippen LogP contribution is -3.12. The molecule has 46 heavy (non-hydrogen) atoms. The molecule has 0 aliphatic rings. The van der Waals surface area contributed by atoms with Crippen molar-refractivity contribution >= 4 is 0 Å². The minimum absolute atomic E-state index is 0. The molecule has 0 aliphatic carbocycles. The summed E-state index contributed by atoms with van der Waals surface area (Å²) in [5.41, 5.74) is 1.52. The normalized spacial score (nSPS) is 11.4. The minimum Gasteiger partial charge on any atom is -1.00 e. The Labute approximate surface area is 297 Å². The van der Waals surface area contributed by atoms with E-state index in [0.29, 0.717) is 0 Å². The van der Waals surface area contributed by atoms with Crippen LogP contribution in [0, 0.1) is 0 Å². The van der Waals surface area contributed by atoms with Crippen molar-refractivity contribution in [2.24, 2.45) is 0 Å². The quantitative estimate of drug-likeness (QED) is 0.0677. The molecule has 0 spiro atoms. The maximum absolute atomic E-state index is 2.32. The summed E-state index contributed by atoms with van der Waals surface area (Å²) in [7, 11) is 0. The molecular weight excluding hydrogens is 578 g/mol. The lowest BCUT2D eigenvalue weighted by molar-refractivity contribution is -0.900. The monoisotopic (exact) mass is 662 g/mol. The first-order chi connectivity index (χ1) is 22.4. The molecule has 0 heterocycles. The Morgan fingerprint density at radius 3 is 0.870 bits per heavy atom. The summed E-state index contributed by atoms with van der Waals surface area (Å²) in [4.78, 5) is 1.87. The van der Waals surface area contributed by atoms with E-state index < -0.39 is 0 Å². The topological polar surface area (TPSA) is 4.44 Å². The molecule has 1 N–H and O–H groups in total. The summed E-state index contributed by atoms with van der Waals surface area (Å²) in [6.07, 6.45) is 48.0. The van der Waals surface area contributed by atoms with Crippen LogP contribution in [-0.4, -0.2) is 19.6 Å². The maximum atomic E-state index is 2.32. The van der Waals surface area contributed by atoms with E-state index in [1.165, 1.54) is 237 Å². The van der Waals surface area contributed by atoms with Crippen LogP contribution in [0.4, 0.5) is 0 Å². The summed E-state index contributed by atoms with van der Waals surface area (Å²) >= 11 is 0. The number of hydrogen-bond acceptors (Lipinski definition) is 0. The number of quaternary nitrogens is 1. The number of nitrogens with one attached hydrogen (secondary N) is 1. The first kappa shape index (κ1) is 45.5. The highest BCUT2D eigenvalue weighted by Gasteiger charge is 2.09. The zero-order valence-corrected chi connectivity index (χ0v) is 32.5. The van der Waals surface area contributed by atoms with Gasteiger partial charge in [-0.3, -0.25) is 0 Å². The van der Waals surface area contributed by atoms with Gasteiger partial charge in [0.1, 0.15) is 0 Å². The van der Waals surface area contributed by atoms with E-state index in [4.69, 9.17) is 0 Å². The molecule has 0 radical (unpaired) electrons. The van der Waals surface area contributed by atoms with E-state index in [9.17, 15) is 0 Å². The van der Waals surface area contributed by atoms with Gasteiger partial charge in [0, 0.05) is 6.42 Å². The van der Waals surface area contributed by atoms with Crippen LogP contribution in [0.2, 0.25) is 0 Å². The Balaban J connectivity index is 0.0000202. The molecule has 0 fully saturated rings. The van der Waals surface area contributed by atoms with Crippen molar-refractivity contribution in [2.45, 2.75) is 226 Å². The molecule has 0 saturated heterocycles. The molecule has 1 rings (SSSR count). The molecular formula is C44H84ClN. The molecule has 0 aromatic heterocycles. The Morgan fingerprint density at radius 2 is 0.587 bits per heavy atom. The molecule has 0 unspecified atom stereocenters. The molecule has 0 bridgehead atoms. The van der Waals surface area contributed by atoms with Gasteiger partial charge in [-0.25, -0.2) is 0 Å². The molecule has 2 heteroatoms. The predicted molar refractivity (Wildman–Crippen MR) is 205 cm³/mol. The van der Waals surface area contributed by atoms with Crippen LogP contribution in [0.15, 0.2) is 30.3 Å². The highest BCUT2D eigenvalue weighted by molar-refractivity contribution is 5.14. The average Bonchev–Trinajstić information content (AvgIpc) is 3.06. The summed E-state index contributed by atoms with van der Waals surface area (Å²) in [5.74, 6) is 0. The number of halogens is 1. The molecule has 1 aromatic carbocycles. The first-order valence-electron chi connectivity index (χ1n) is 21.2. The summed E-state index contributed by atoms with van der Waals surface area (Å²) in [6.45, 7) is 8.73. The molecule has 0 amide bonds. The van der Waals surface area contributed by atoms with Gasteiger partial charge in [-0.15, -0.1) is 0 Å². The maximum Gasteiger partial charge on any atom is 0.0811 e. The van der Waals surface area contributed by atoms with E-state index in [2.05, 4.69) is 44.2 Å². The number of unbranched alkanes of at least 4 members (excludes halogenated alkanes) is 30. The molecule has 1 nitrogen and oxygen atoms in total. The van der Waals surface area contributed by atoms with Crippen molar-refractivity contribution < 1.29 is 17.3 Å². The van der Waals surface area contributed by atoms with Gasteiger partial charge in [0.15, 0.2) is 0 Å². The van der Waals surface area contributed by atoms with Gasteiger partial charge >= 0.3 is 0 Å². The van der Waals surface area contributed by atoms with Gasteiger partial charge in [-0.1, -0.05) is 224 Å². The fraction of sp³-hybridized carbons (Fsp3) is 0.864. The van der Waals surface area contributed by atoms with Crippen molar-refractivity contribution in [3.8, 4) is 0 Å². The summed E-state index contributed by atoms with van der Waals surface area (Å²) in [6, 6.07) is 11.2. The third-order valence-corrected chi connectivity index (χ3v) is 10.4. The molecule has 0 atom stereocenters. The van der Waals surface area contributed by atoms with Gasteiger partial charge in [-0.05, 0) is 31.2 Å². The second-order valence-corrected chi connectivity index (χ2v) is 14.8. The number of benzene rings is 1. The second-order valence-electron chi connectivity index (χ2n) is 14.8. The van der Waals surface area contributed by atoms with Crippen LogP contribution in [0.1, 0.15) is 225 Å². The Hall–Kier alpha value is -0.530. The van der Waals surface area contributed by atoms with Crippen LogP contribution >= 0.6 is 0 Å². The molecule has 0 aliphatic heterocycles. The fourth-order valence-electron chi connectivity index (χ4n) is 7.19.